The number of allylic oxidation sites excluding steroid dienone is 1. The molecule has 0 aromatic heterocycles. The minimum Gasteiger partial charge on any atom is -0.444 e. The molecule has 2 aliphatic carbocycles. The first kappa shape index (κ1) is 38.6. The van der Waals surface area contributed by atoms with E-state index < -0.39 is 79.8 Å². The summed E-state index contributed by atoms with van der Waals surface area (Å²) < 4.78 is 33.6. The van der Waals surface area contributed by atoms with Crippen LogP contribution in [0.3, 0.4) is 0 Å². The fraction of sp³-hybridized carbons (Fsp3) is 0.658. The third-order valence-electron chi connectivity index (χ3n) is 11.3. The maximum Gasteiger partial charge on any atom is 0.410 e. The van der Waals surface area contributed by atoms with E-state index in [4.69, 9.17) is 4.74 Å². The Morgan fingerprint density at radius 3 is 2.49 bits per heavy atom. The van der Waals surface area contributed by atoms with Crippen molar-refractivity contribution < 1.29 is 37.1 Å². The van der Waals surface area contributed by atoms with Crippen molar-refractivity contribution in [3.63, 3.8) is 0 Å². The number of fused-ring (bicyclic) bond motifs is 3. The minimum absolute atomic E-state index is 0.0525. The van der Waals surface area contributed by atoms with E-state index in [9.17, 15) is 32.4 Å². The number of amides is 6. The zero-order valence-electron chi connectivity index (χ0n) is 31.6. The molecule has 3 heterocycles. The van der Waals surface area contributed by atoms with E-state index >= 15 is 0 Å². The lowest BCUT2D eigenvalue weighted by Gasteiger charge is -2.36. The van der Waals surface area contributed by atoms with E-state index in [-0.39, 0.29) is 25.3 Å². The molecule has 4 bridgehead atoms. The molecule has 5 aliphatic rings. The molecule has 1 aromatic rings. The molecular weight excluding hydrogens is 701 g/mol. The lowest BCUT2D eigenvalue weighted by Crippen LogP contribution is -2.62. The summed E-state index contributed by atoms with van der Waals surface area (Å²) in [7, 11) is -3.87. The average Bonchev–Trinajstić information content (AvgIpc) is 3.96. The highest BCUT2D eigenvalue weighted by Gasteiger charge is 2.62. The van der Waals surface area contributed by atoms with Gasteiger partial charge in [0.15, 0.2) is 0 Å². The molecule has 0 radical (unpaired) electrons. The molecule has 5 atom stereocenters. The Balaban J connectivity index is 1.29. The van der Waals surface area contributed by atoms with Crippen LogP contribution in [0.1, 0.15) is 110 Å². The van der Waals surface area contributed by atoms with Crippen molar-refractivity contribution in [2.75, 3.05) is 6.54 Å². The quantitative estimate of drug-likeness (QED) is 0.339. The SMILES string of the molecule is CC[C@@H]1C[C@]1(NC(=O)[C@@H]1C[C@@H]2CN1C(=O)[C@H](C(C)(C)C)NC(=O)NC(C)(C)CCCC=Cc1cccc3c1CN(C3)C(=O)O2)C(=O)NS(=O)(=O)C1CC1. The predicted molar refractivity (Wildman–Crippen MR) is 197 cm³/mol. The number of ether oxygens (including phenoxy) is 1. The lowest BCUT2D eigenvalue weighted by atomic mass is 9.85. The van der Waals surface area contributed by atoms with Crippen LogP contribution in [0.5, 0.6) is 0 Å². The number of hydrogen-bond acceptors (Lipinski definition) is 8. The van der Waals surface area contributed by atoms with Gasteiger partial charge in [0.25, 0.3) is 5.91 Å². The van der Waals surface area contributed by atoms with E-state index in [0.717, 1.165) is 29.5 Å². The van der Waals surface area contributed by atoms with Gasteiger partial charge < -0.3 is 25.6 Å². The summed E-state index contributed by atoms with van der Waals surface area (Å²) in [5.41, 5.74) is 0.222. The standard InChI is InChI=1S/C38H54N6O8S/c1-7-25-19-38(25,33(47)42-53(50,51)27-15-16-27)40-31(45)29-18-26-21-44(29)32(46)30(36(2,3)4)39-34(48)41-37(5,6)17-10-8-9-12-23-13-11-14-24-20-43(22-28(23)24)35(49)52-26/h9,11-14,25-27,29-30H,7-8,10,15-22H2,1-6H3,(H,40,45)(H,42,47)(H2,39,41,48)/t25-,26-,29+,30-,38-/m1/s1. The molecule has 6 rings (SSSR count). The third kappa shape index (κ3) is 8.34. The molecule has 4 N–H and O–H groups in total. The molecule has 15 heteroatoms. The Morgan fingerprint density at radius 1 is 1.09 bits per heavy atom. The summed E-state index contributed by atoms with van der Waals surface area (Å²) in [6, 6.07) is 3.18. The molecule has 1 saturated heterocycles. The Hall–Kier alpha value is -4.14. The van der Waals surface area contributed by atoms with Gasteiger partial charge in [-0.2, -0.15) is 0 Å². The van der Waals surface area contributed by atoms with Crippen LogP contribution < -0.4 is 20.7 Å². The number of rotatable bonds is 6. The molecular formula is C38H54N6O8S. The predicted octanol–water partition coefficient (Wildman–Crippen LogP) is 3.69. The first-order valence-electron chi connectivity index (χ1n) is 18.8. The number of carbonyl (C=O) groups is 5. The monoisotopic (exact) mass is 754 g/mol. The van der Waals surface area contributed by atoms with Gasteiger partial charge in [-0.3, -0.25) is 24.0 Å². The van der Waals surface area contributed by atoms with Crippen molar-refractivity contribution in [1.29, 1.82) is 0 Å². The zero-order chi connectivity index (χ0) is 38.5. The highest BCUT2D eigenvalue weighted by molar-refractivity contribution is 7.91. The van der Waals surface area contributed by atoms with Gasteiger partial charge in [0.1, 0.15) is 23.7 Å². The summed E-state index contributed by atoms with van der Waals surface area (Å²) >= 11 is 0. The number of nitrogens with one attached hydrogen (secondary N) is 4. The molecule has 0 unspecified atom stereocenters. The fourth-order valence-corrected chi connectivity index (χ4v) is 9.21. The van der Waals surface area contributed by atoms with Crippen LogP contribution in [0.2, 0.25) is 0 Å². The second-order valence-electron chi connectivity index (χ2n) is 17.1. The van der Waals surface area contributed by atoms with E-state index in [1.54, 1.807) is 4.90 Å². The molecule has 1 aromatic carbocycles. The fourth-order valence-electron chi connectivity index (χ4n) is 7.84. The largest absolute Gasteiger partial charge is 0.444 e. The van der Waals surface area contributed by atoms with Crippen molar-refractivity contribution >= 4 is 45.9 Å². The normalized spacial score (nSPS) is 29.1. The van der Waals surface area contributed by atoms with E-state index in [2.05, 4.69) is 32.8 Å². The third-order valence-corrected chi connectivity index (χ3v) is 13.1. The number of hydrogen-bond donors (Lipinski definition) is 4. The Morgan fingerprint density at radius 2 is 1.83 bits per heavy atom. The lowest BCUT2D eigenvalue weighted by molar-refractivity contribution is -0.142. The smallest absolute Gasteiger partial charge is 0.410 e. The summed E-state index contributed by atoms with van der Waals surface area (Å²) in [5, 5.41) is 8.09. The van der Waals surface area contributed by atoms with E-state index in [0.29, 0.717) is 38.8 Å². The summed E-state index contributed by atoms with van der Waals surface area (Å²) in [4.78, 5) is 72.4. The number of sulfonamides is 1. The van der Waals surface area contributed by atoms with Crippen LogP contribution in [-0.2, 0) is 42.2 Å². The highest BCUT2D eigenvalue weighted by Crippen LogP contribution is 2.47. The molecule has 53 heavy (non-hydrogen) atoms. The number of nitrogens with zero attached hydrogens (tertiary/aromatic N) is 2. The molecule has 14 nitrogen and oxygen atoms in total. The summed E-state index contributed by atoms with van der Waals surface area (Å²) in [6.07, 6.45) is 6.63. The molecule has 3 fully saturated rings. The summed E-state index contributed by atoms with van der Waals surface area (Å²) in [6.45, 7) is 11.7. The van der Waals surface area contributed by atoms with Crippen LogP contribution in [0.4, 0.5) is 9.59 Å². The van der Waals surface area contributed by atoms with Crippen molar-refractivity contribution in [2.24, 2.45) is 11.3 Å². The Bertz CT molecular complexity index is 1800. The van der Waals surface area contributed by atoms with Crippen LogP contribution >= 0.6 is 0 Å². The van der Waals surface area contributed by atoms with E-state index in [1.807, 2.05) is 59.7 Å². The van der Waals surface area contributed by atoms with Gasteiger partial charge in [-0.05, 0) is 80.4 Å². The molecule has 2 saturated carbocycles. The van der Waals surface area contributed by atoms with Gasteiger partial charge in [-0.1, -0.05) is 64.5 Å². The molecule has 3 aliphatic heterocycles. The average molecular weight is 755 g/mol. The van der Waals surface area contributed by atoms with Crippen molar-refractivity contribution in [3.05, 3.63) is 41.0 Å². The number of carbonyl (C=O) groups excluding carboxylic acids is 5. The highest BCUT2D eigenvalue weighted by atomic mass is 32.2. The van der Waals surface area contributed by atoms with Crippen LogP contribution in [0.25, 0.3) is 6.08 Å². The van der Waals surface area contributed by atoms with Gasteiger partial charge in [0.2, 0.25) is 21.8 Å². The second kappa shape index (κ2) is 14.3. The Labute approximate surface area is 312 Å². The van der Waals surface area contributed by atoms with Gasteiger partial charge in [-0.25, -0.2) is 18.0 Å². The zero-order valence-corrected chi connectivity index (χ0v) is 32.4. The van der Waals surface area contributed by atoms with Gasteiger partial charge in [0, 0.05) is 18.5 Å². The molecule has 6 amide bonds. The molecule has 0 spiro atoms. The van der Waals surface area contributed by atoms with Crippen molar-refractivity contribution in [1.82, 2.24) is 30.5 Å². The topological polar surface area (TPSA) is 183 Å². The second-order valence-corrected chi connectivity index (χ2v) is 19.1. The van der Waals surface area contributed by atoms with E-state index in [1.165, 1.54) is 4.90 Å². The minimum atomic E-state index is -3.87. The first-order valence-corrected chi connectivity index (χ1v) is 20.4. The van der Waals surface area contributed by atoms with Gasteiger partial charge in [0.05, 0.1) is 18.3 Å². The van der Waals surface area contributed by atoms with Crippen molar-refractivity contribution in [2.45, 2.75) is 141 Å². The van der Waals surface area contributed by atoms with Crippen LogP contribution in [-0.4, -0.2) is 89.1 Å². The van der Waals surface area contributed by atoms with Gasteiger partial charge >= 0.3 is 12.1 Å². The maximum atomic E-state index is 14.6. The van der Waals surface area contributed by atoms with Gasteiger partial charge in [-0.15, -0.1) is 0 Å². The van der Waals surface area contributed by atoms with Crippen LogP contribution in [0.15, 0.2) is 24.3 Å². The maximum absolute atomic E-state index is 14.6. The Kier molecular flexibility index (Phi) is 10.4. The first-order chi connectivity index (χ1) is 24.8. The van der Waals surface area contributed by atoms with Crippen molar-refractivity contribution in [3.8, 4) is 0 Å². The summed E-state index contributed by atoms with van der Waals surface area (Å²) in [5.74, 6) is -2.29. The number of benzene rings is 1. The number of urea groups is 1. The van der Waals surface area contributed by atoms with Crippen LogP contribution in [0, 0.1) is 11.3 Å². The molecule has 290 valence electrons.